The molecule has 2 aromatic heterocycles. The zero-order valence-corrected chi connectivity index (χ0v) is 13.6. The van der Waals surface area contributed by atoms with E-state index >= 15 is 0 Å². The Bertz CT molecular complexity index is 528. The van der Waals surface area contributed by atoms with Crippen molar-refractivity contribution in [1.82, 2.24) is 14.9 Å². The number of hydrogen-bond acceptors (Lipinski definition) is 4. The predicted octanol–water partition coefficient (Wildman–Crippen LogP) is 3.51. The molecule has 0 aliphatic carbocycles. The van der Waals surface area contributed by atoms with Gasteiger partial charge in [-0.05, 0) is 19.2 Å². The quantitative estimate of drug-likeness (QED) is 0.843. The second-order valence-electron chi connectivity index (χ2n) is 6.19. The van der Waals surface area contributed by atoms with Crippen LogP contribution in [0.3, 0.4) is 0 Å². The van der Waals surface area contributed by atoms with E-state index in [0.29, 0.717) is 0 Å². The van der Waals surface area contributed by atoms with Gasteiger partial charge in [0.1, 0.15) is 5.01 Å². The molecule has 0 saturated carbocycles. The summed E-state index contributed by atoms with van der Waals surface area (Å²) in [6.07, 6.45) is 2.83. The maximum absolute atomic E-state index is 4.74. The van der Waals surface area contributed by atoms with Crippen molar-refractivity contribution in [2.45, 2.75) is 39.2 Å². The molecule has 4 heteroatoms. The van der Waals surface area contributed by atoms with E-state index in [0.717, 1.165) is 25.2 Å². The van der Waals surface area contributed by atoms with Crippen molar-refractivity contribution in [2.24, 2.45) is 0 Å². The fraction of sp³-hybridized carbons (Fsp3) is 0.500. The zero-order valence-electron chi connectivity index (χ0n) is 12.8. The number of thiazole rings is 1. The maximum Gasteiger partial charge on any atom is 0.107 e. The van der Waals surface area contributed by atoms with Crippen molar-refractivity contribution in [3.05, 3.63) is 46.2 Å². The molecule has 0 unspecified atom stereocenters. The Kier molecular flexibility index (Phi) is 4.89. The van der Waals surface area contributed by atoms with Crippen LogP contribution in [0.15, 0.2) is 29.8 Å². The van der Waals surface area contributed by atoms with Crippen molar-refractivity contribution in [1.29, 1.82) is 0 Å². The fourth-order valence-corrected chi connectivity index (χ4v) is 2.99. The summed E-state index contributed by atoms with van der Waals surface area (Å²) in [6.45, 7) is 8.53. The summed E-state index contributed by atoms with van der Waals surface area (Å²) in [5, 5.41) is 3.38. The van der Waals surface area contributed by atoms with E-state index in [9.17, 15) is 0 Å². The Balaban J connectivity index is 1.85. The highest BCUT2D eigenvalue weighted by Gasteiger charge is 2.17. The Hall–Kier alpha value is -1.26. The molecule has 0 aliphatic rings. The fourth-order valence-electron chi connectivity index (χ4n) is 1.89. The number of pyridine rings is 1. The summed E-state index contributed by atoms with van der Waals surface area (Å²) >= 11 is 1.76. The van der Waals surface area contributed by atoms with Crippen molar-refractivity contribution in [2.75, 3.05) is 13.6 Å². The first-order valence-electron chi connectivity index (χ1n) is 6.98. The van der Waals surface area contributed by atoms with Crippen molar-refractivity contribution in [3.8, 4) is 0 Å². The molecule has 0 amide bonds. The van der Waals surface area contributed by atoms with Gasteiger partial charge in [0.2, 0.25) is 0 Å². The zero-order chi connectivity index (χ0) is 14.6. The monoisotopic (exact) mass is 289 g/mol. The highest BCUT2D eigenvalue weighted by molar-refractivity contribution is 7.09. The van der Waals surface area contributed by atoms with Gasteiger partial charge in [-0.15, -0.1) is 11.3 Å². The van der Waals surface area contributed by atoms with Crippen LogP contribution in [0.2, 0.25) is 0 Å². The molecule has 20 heavy (non-hydrogen) atoms. The van der Waals surface area contributed by atoms with Crippen LogP contribution < -0.4 is 0 Å². The lowest BCUT2D eigenvalue weighted by atomic mass is 9.93. The van der Waals surface area contributed by atoms with Gasteiger partial charge in [-0.2, -0.15) is 0 Å². The van der Waals surface area contributed by atoms with Gasteiger partial charge in [0, 0.05) is 35.7 Å². The summed E-state index contributed by atoms with van der Waals surface area (Å²) < 4.78 is 0. The van der Waals surface area contributed by atoms with E-state index in [1.807, 2.05) is 18.3 Å². The van der Waals surface area contributed by atoms with Gasteiger partial charge in [0.05, 0.1) is 12.2 Å². The Morgan fingerprint density at radius 3 is 2.65 bits per heavy atom. The summed E-state index contributed by atoms with van der Waals surface area (Å²) in [6, 6.07) is 6.07. The van der Waals surface area contributed by atoms with Crippen molar-refractivity contribution < 1.29 is 0 Å². The van der Waals surface area contributed by atoms with Gasteiger partial charge in [-0.1, -0.05) is 26.8 Å². The van der Waals surface area contributed by atoms with Crippen molar-refractivity contribution >= 4 is 11.3 Å². The molecule has 2 aromatic rings. The predicted molar refractivity (Wildman–Crippen MR) is 85.1 cm³/mol. The number of nitrogens with zero attached hydrogens (tertiary/aromatic N) is 3. The molecule has 0 fully saturated rings. The minimum atomic E-state index is 0.140. The lowest BCUT2D eigenvalue weighted by Crippen LogP contribution is -2.21. The molecule has 0 bridgehead atoms. The smallest absolute Gasteiger partial charge is 0.107 e. The molecule has 3 nitrogen and oxygen atoms in total. The highest BCUT2D eigenvalue weighted by atomic mass is 32.1. The first-order valence-corrected chi connectivity index (χ1v) is 7.86. The molecule has 0 radical (unpaired) electrons. The topological polar surface area (TPSA) is 29.0 Å². The summed E-state index contributed by atoms with van der Waals surface area (Å²) in [7, 11) is 2.14. The van der Waals surface area contributed by atoms with Crippen LogP contribution in [0.4, 0.5) is 0 Å². The SMILES string of the molecule is CN(CCc1ccccn1)Cc1nc(C(C)(C)C)cs1. The standard InChI is InChI=1S/C16H23N3S/c1-16(2,3)14-12-20-15(18-14)11-19(4)10-8-13-7-5-6-9-17-13/h5-7,9,12H,8,10-11H2,1-4H3. The molecular formula is C16H23N3S. The van der Waals surface area contributed by atoms with E-state index in [-0.39, 0.29) is 5.41 Å². The Morgan fingerprint density at radius 2 is 2.05 bits per heavy atom. The van der Waals surface area contributed by atoms with E-state index in [2.05, 4.69) is 49.1 Å². The van der Waals surface area contributed by atoms with Gasteiger partial charge in [0.25, 0.3) is 0 Å². The molecule has 2 rings (SSSR count). The molecule has 2 heterocycles. The normalized spacial score (nSPS) is 12.1. The van der Waals surface area contributed by atoms with E-state index in [1.165, 1.54) is 10.7 Å². The Labute approximate surface area is 125 Å². The maximum atomic E-state index is 4.74. The second kappa shape index (κ2) is 6.46. The molecule has 0 N–H and O–H groups in total. The van der Waals surface area contributed by atoms with Gasteiger partial charge < -0.3 is 0 Å². The molecule has 0 spiro atoms. The van der Waals surface area contributed by atoms with Crippen molar-refractivity contribution in [3.63, 3.8) is 0 Å². The van der Waals surface area contributed by atoms with Crippen LogP contribution in [0.5, 0.6) is 0 Å². The van der Waals surface area contributed by atoms with E-state index < -0.39 is 0 Å². The highest BCUT2D eigenvalue weighted by Crippen LogP contribution is 2.24. The number of hydrogen-bond donors (Lipinski definition) is 0. The molecule has 0 aromatic carbocycles. The summed E-state index contributed by atoms with van der Waals surface area (Å²) in [5.74, 6) is 0. The third kappa shape index (κ3) is 4.39. The summed E-state index contributed by atoms with van der Waals surface area (Å²) in [4.78, 5) is 11.4. The first kappa shape index (κ1) is 15.1. The van der Waals surface area contributed by atoms with Crippen LogP contribution in [-0.2, 0) is 18.4 Å². The van der Waals surface area contributed by atoms with Gasteiger partial charge in [-0.25, -0.2) is 4.98 Å². The molecule has 0 aliphatic heterocycles. The van der Waals surface area contributed by atoms with Gasteiger partial charge in [0.15, 0.2) is 0 Å². The minimum absolute atomic E-state index is 0.140. The lowest BCUT2D eigenvalue weighted by molar-refractivity contribution is 0.329. The van der Waals surface area contributed by atoms with Crippen LogP contribution in [0, 0.1) is 0 Å². The number of likely N-dealkylation sites (N-methyl/N-ethyl adjacent to an activating group) is 1. The average molecular weight is 289 g/mol. The van der Waals surface area contributed by atoms with Crippen LogP contribution >= 0.6 is 11.3 Å². The molecule has 0 saturated heterocycles. The van der Waals surface area contributed by atoms with Gasteiger partial charge in [-0.3, -0.25) is 9.88 Å². The second-order valence-corrected chi connectivity index (χ2v) is 7.13. The third-order valence-corrected chi connectivity index (χ3v) is 4.03. The largest absolute Gasteiger partial charge is 0.299 e. The molecule has 0 atom stereocenters. The first-order chi connectivity index (χ1) is 9.45. The number of aromatic nitrogens is 2. The summed E-state index contributed by atoms with van der Waals surface area (Å²) in [5.41, 5.74) is 2.48. The van der Waals surface area contributed by atoms with Gasteiger partial charge >= 0.3 is 0 Å². The third-order valence-electron chi connectivity index (χ3n) is 3.20. The van der Waals surface area contributed by atoms with Crippen LogP contribution in [-0.4, -0.2) is 28.5 Å². The number of rotatable bonds is 5. The Morgan fingerprint density at radius 1 is 1.25 bits per heavy atom. The van der Waals surface area contributed by atoms with E-state index in [4.69, 9.17) is 4.98 Å². The average Bonchev–Trinajstić information content (AvgIpc) is 2.86. The van der Waals surface area contributed by atoms with Crippen LogP contribution in [0.25, 0.3) is 0 Å². The van der Waals surface area contributed by atoms with E-state index in [1.54, 1.807) is 11.3 Å². The molecule has 108 valence electrons. The molecular weight excluding hydrogens is 266 g/mol. The minimum Gasteiger partial charge on any atom is -0.299 e. The lowest BCUT2D eigenvalue weighted by Gasteiger charge is -2.16. The van der Waals surface area contributed by atoms with Crippen LogP contribution in [0.1, 0.15) is 37.2 Å².